The number of likely N-dealkylation sites (N-methyl/N-ethyl adjacent to an activating group) is 1. The Morgan fingerprint density at radius 3 is 2.55 bits per heavy atom. The zero-order chi connectivity index (χ0) is 14.3. The van der Waals surface area contributed by atoms with Crippen LogP contribution in [0, 0.1) is 11.8 Å². The van der Waals surface area contributed by atoms with Crippen molar-refractivity contribution in [2.75, 3.05) is 7.05 Å². The fourth-order valence-corrected chi connectivity index (χ4v) is 3.19. The molecule has 1 N–H and O–H groups in total. The first kappa shape index (κ1) is 13.2. The molecule has 0 radical (unpaired) electrons. The van der Waals surface area contributed by atoms with Crippen molar-refractivity contribution >= 4 is 11.9 Å². The number of aryl methyl sites for hydroxylation is 1. The van der Waals surface area contributed by atoms with Crippen molar-refractivity contribution in [2.24, 2.45) is 11.8 Å². The minimum Gasteiger partial charge on any atom is -0.481 e. The number of amides is 1. The van der Waals surface area contributed by atoms with Crippen molar-refractivity contribution in [2.45, 2.75) is 31.7 Å². The Balaban J connectivity index is 1.66. The van der Waals surface area contributed by atoms with Gasteiger partial charge in [-0.3, -0.25) is 9.59 Å². The van der Waals surface area contributed by atoms with Crippen LogP contribution in [0.4, 0.5) is 0 Å². The highest BCUT2D eigenvalue weighted by atomic mass is 16.4. The predicted molar refractivity (Wildman–Crippen MR) is 74.3 cm³/mol. The van der Waals surface area contributed by atoms with E-state index in [0.717, 1.165) is 19.3 Å². The van der Waals surface area contributed by atoms with Gasteiger partial charge in [-0.1, -0.05) is 24.3 Å². The molecule has 1 fully saturated rings. The standard InChI is InChI=1S/C16H19NO3/c1-17(15(18)13-9-14(13)16(19)20)12-7-6-10-4-2-3-5-11(10)8-12/h2-5,12-14H,6-9H2,1H3,(H,19,20)/t12-,13-,14+/m1/s1. The summed E-state index contributed by atoms with van der Waals surface area (Å²) < 4.78 is 0. The number of rotatable bonds is 3. The van der Waals surface area contributed by atoms with Crippen molar-refractivity contribution in [1.82, 2.24) is 4.90 Å². The lowest BCUT2D eigenvalue weighted by Gasteiger charge is -2.32. The Kier molecular flexibility index (Phi) is 3.24. The van der Waals surface area contributed by atoms with Crippen LogP contribution in [-0.4, -0.2) is 35.0 Å². The van der Waals surface area contributed by atoms with E-state index >= 15 is 0 Å². The van der Waals surface area contributed by atoms with Gasteiger partial charge in [-0.05, 0) is 36.8 Å². The van der Waals surface area contributed by atoms with Crippen LogP contribution in [0.25, 0.3) is 0 Å². The van der Waals surface area contributed by atoms with E-state index in [1.807, 2.05) is 13.1 Å². The summed E-state index contributed by atoms with van der Waals surface area (Å²) in [6, 6.07) is 8.55. The van der Waals surface area contributed by atoms with E-state index in [2.05, 4.69) is 18.2 Å². The SMILES string of the molecule is CN(C(=O)[C@@H]1C[C@@H]1C(=O)O)[C@@H]1CCc2ccccc2C1. The number of aliphatic carboxylic acids is 1. The highest BCUT2D eigenvalue weighted by molar-refractivity contribution is 5.89. The topological polar surface area (TPSA) is 57.6 Å². The van der Waals surface area contributed by atoms with E-state index < -0.39 is 11.9 Å². The normalized spacial score (nSPS) is 27.6. The van der Waals surface area contributed by atoms with Gasteiger partial charge in [0, 0.05) is 13.1 Å². The molecular formula is C16H19NO3. The molecular weight excluding hydrogens is 254 g/mol. The first-order valence-electron chi connectivity index (χ1n) is 7.14. The number of benzene rings is 1. The maximum atomic E-state index is 12.3. The second kappa shape index (κ2) is 4.93. The van der Waals surface area contributed by atoms with Gasteiger partial charge in [-0.25, -0.2) is 0 Å². The molecule has 0 unspecified atom stereocenters. The molecule has 2 aliphatic carbocycles. The number of carbonyl (C=O) groups is 2. The number of carboxylic acid groups (broad SMARTS) is 1. The molecule has 4 heteroatoms. The van der Waals surface area contributed by atoms with Gasteiger partial charge in [-0.2, -0.15) is 0 Å². The molecule has 106 valence electrons. The second-order valence-corrected chi connectivity index (χ2v) is 5.90. The van der Waals surface area contributed by atoms with Crippen LogP contribution in [0.1, 0.15) is 24.0 Å². The van der Waals surface area contributed by atoms with E-state index in [4.69, 9.17) is 5.11 Å². The first-order valence-corrected chi connectivity index (χ1v) is 7.14. The maximum Gasteiger partial charge on any atom is 0.307 e. The van der Waals surface area contributed by atoms with E-state index in [1.165, 1.54) is 11.1 Å². The van der Waals surface area contributed by atoms with Gasteiger partial charge in [0.1, 0.15) is 0 Å². The zero-order valence-electron chi connectivity index (χ0n) is 11.6. The average Bonchev–Trinajstić information content (AvgIpc) is 3.26. The quantitative estimate of drug-likeness (QED) is 0.912. The lowest BCUT2D eigenvalue weighted by molar-refractivity contribution is -0.142. The van der Waals surface area contributed by atoms with Crippen molar-refractivity contribution in [3.63, 3.8) is 0 Å². The fraction of sp³-hybridized carbons (Fsp3) is 0.500. The fourth-order valence-electron chi connectivity index (χ4n) is 3.19. The lowest BCUT2D eigenvalue weighted by Crippen LogP contribution is -2.41. The average molecular weight is 273 g/mol. The Morgan fingerprint density at radius 1 is 1.20 bits per heavy atom. The van der Waals surface area contributed by atoms with Crippen LogP contribution >= 0.6 is 0 Å². The van der Waals surface area contributed by atoms with E-state index in [0.29, 0.717) is 6.42 Å². The molecule has 4 nitrogen and oxygen atoms in total. The van der Waals surface area contributed by atoms with Crippen molar-refractivity contribution < 1.29 is 14.7 Å². The Labute approximate surface area is 118 Å². The summed E-state index contributed by atoms with van der Waals surface area (Å²) in [5.41, 5.74) is 2.69. The Hall–Kier alpha value is -1.84. The minimum atomic E-state index is -0.842. The summed E-state index contributed by atoms with van der Waals surface area (Å²) in [6.45, 7) is 0. The minimum absolute atomic E-state index is 0.00165. The van der Waals surface area contributed by atoms with Gasteiger partial charge in [0.25, 0.3) is 0 Å². The molecule has 3 atom stereocenters. The Morgan fingerprint density at radius 2 is 1.90 bits per heavy atom. The zero-order valence-corrected chi connectivity index (χ0v) is 11.6. The predicted octanol–water partition coefficient (Wildman–Crippen LogP) is 1.72. The Bertz CT molecular complexity index is 554. The van der Waals surface area contributed by atoms with E-state index in [1.54, 1.807) is 4.90 Å². The lowest BCUT2D eigenvalue weighted by atomic mass is 9.87. The number of carboxylic acids is 1. The smallest absolute Gasteiger partial charge is 0.307 e. The van der Waals surface area contributed by atoms with Crippen LogP contribution in [0.15, 0.2) is 24.3 Å². The van der Waals surface area contributed by atoms with Gasteiger partial charge >= 0.3 is 5.97 Å². The number of carbonyl (C=O) groups excluding carboxylic acids is 1. The van der Waals surface area contributed by atoms with Crippen molar-refractivity contribution in [3.8, 4) is 0 Å². The number of nitrogens with zero attached hydrogens (tertiary/aromatic N) is 1. The van der Waals surface area contributed by atoms with Gasteiger partial charge in [-0.15, -0.1) is 0 Å². The second-order valence-electron chi connectivity index (χ2n) is 5.90. The highest BCUT2D eigenvalue weighted by Crippen LogP contribution is 2.40. The summed E-state index contributed by atoms with van der Waals surface area (Å²) in [5.74, 6) is -1.59. The molecule has 1 saturated carbocycles. The van der Waals surface area contributed by atoms with Crippen LogP contribution in [-0.2, 0) is 22.4 Å². The third-order valence-electron chi connectivity index (χ3n) is 4.64. The van der Waals surface area contributed by atoms with Gasteiger partial charge in [0.15, 0.2) is 0 Å². The van der Waals surface area contributed by atoms with Crippen molar-refractivity contribution in [3.05, 3.63) is 35.4 Å². The van der Waals surface area contributed by atoms with E-state index in [9.17, 15) is 9.59 Å². The number of hydrogen-bond donors (Lipinski definition) is 1. The van der Waals surface area contributed by atoms with Crippen molar-refractivity contribution in [1.29, 1.82) is 0 Å². The molecule has 0 saturated heterocycles. The van der Waals surface area contributed by atoms with Gasteiger partial charge < -0.3 is 10.0 Å². The molecule has 0 bridgehead atoms. The first-order chi connectivity index (χ1) is 9.58. The summed E-state index contributed by atoms with van der Waals surface area (Å²) in [6.07, 6.45) is 3.33. The molecule has 2 aliphatic rings. The van der Waals surface area contributed by atoms with Crippen LogP contribution < -0.4 is 0 Å². The van der Waals surface area contributed by atoms with Crippen LogP contribution in [0.2, 0.25) is 0 Å². The molecule has 3 rings (SSSR count). The molecule has 1 amide bonds. The summed E-state index contributed by atoms with van der Waals surface area (Å²) in [5, 5.41) is 8.92. The maximum absolute atomic E-state index is 12.3. The third-order valence-corrected chi connectivity index (χ3v) is 4.64. The third kappa shape index (κ3) is 2.30. The molecule has 0 heterocycles. The summed E-state index contributed by atoms with van der Waals surface area (Å²) in [7, 11) is 1.82. The van der Waals surface area contributed by atoms with Crippen LogP contribution in [0.3, 0.4) is 0 Å². The van der Waals surface area contributed by atoms with Gasteiger partial charge in [0.05, 0.1) is 11.8 Å². The summed E-state index contributed by atoms with van der Waals surface area (Å²) in [4.78, 5) is 24.9. The molecule has 0 spiro atoms. The monoisotopic (exact) mass is 273 g/mol. The number of hydrogen-bond acceptors (Lipinski definition) is 2. The molecule has 0 aromatic heterocycles. The molecule has 0 aliphatic heterocycles. The van der Waals surface area contributed by atoms with E-state index in [-0.39, 0.29) is 17.9 Å². The molecule has 1 aromatic rings. The largest absolute Gasteiger partial charge is 0.481 e. The number of fused-ring (bicyclic) bond motifs is 1. The highest BCUT2D eigenvalue weighted by Gasteiger charge is 2.50. The van der Waals surface area contributed by atoms with Crippen LogP contribution in [0.5, 0.6) is 0 Å². The summed E-state index contributed by atoms with van der Waals surface area (Å²) >= 11 is 0. The molecule has 20 heavy (non-hydrogen) atoms. The van der Waals surface area contributed by atoms with Gasteiger partial charge in [0.2, 0.25) is 5.91 Å². The molecule has 1 aromatic carbocycles.